The van der Waals surface area contributed by atoms with Crippen LogP contribution in [0.15, 0.2) is 59.5 Å². The van der Waals surface area contributed by atoms with Crippen molar-refractivity contribution in [1.82, 2.24) is 4.90 Å². The van der Waals surface area contributed by atoms with Gasteiger partial charge in [0.25, 0.3) is 0 Å². The summed E-state index contributed by atoms with van der Waals surface area (Å²) < 4.78 is 5.67. The molecule has 35 heavy (non-hydrogen) atoms. The van der Waals surface area contributed by atoms with Crippen LogP contribution in [0.5, 0.6) is 0 Å². The van der Waals surface area contributed by atoms with Crippen LogP contribution in [0.2, 0.25) is 0 Å². The molecule has 1 heterocycles. The van der Waals surface area contributed by atoms with E-state index in [2.05, 4.69) is 73.5 Å². The van der Waals surface area contributed by atoms with Gasteiger partial charge in [-0.2, -0.15) is 0 Å². The molecule has 0 saturated carbocycles. The van der Waals surface area contributed by atoms with Crippen molar-refractivity contribution < 1.29 is 9.53 Å². The fourth-order valence-corrected chi connectivity index (χ4v) is 5.82. The Morgan fingerprint density at radius 1 is 1.00 bits per heavy atom. The molecule has 1 aliphatic rings. The Bertz CT molecular complexity index is 905. The monoisotopic (exact) mass is 493 g/mol. The molecule has 0 aromatic heterocycles. The van der Waals surface area contributed by atoms with Gasteiger partial charge in [-0.25, -0.2) is 0 Å². The normalized spacial score (nSPS) is 14.9. The Balaban J connectivity index is 1.45. The molecule has 3 rings (SSSR count). The number of rotatable bonds is 14. The Hall–Kier alpha value is -2.04. The lowest BCUT2D eigenvalue weighted by atomic mass is 9.93. The molecule has 0 aliphatic carbocycles. The second-order valence-corrected chi connectivity index (χ2v) is 10.8. The predicted molar refractivity (Wildman–Crippen MR) is 150 cm³/mol. The number of hydrogen-bond donors (Lipinski definition) is 0. The second-order valence-electron chi connectivity index (χ2n) is 9.78. The number of nitrogens with zero attached hydrogens (tertiary/aromatic N) is 1. The maximum absolute atomic E-state index is 12.2. The number of benzene rings is 2. The van der Waals surface area contributed by atoms with Crippen LogP contribution >= 0.6 is 11.8 Å². The molecule has 0 fully saturated rings. The summed E-state index contributed by atoms with van der Waals surface area (Å²) in [6.07, 6.45) is 12.3. The van der Waals surface area contributed by atoms with Crippen LogP contribution in [0.4, 0.5) is 0 Å². The zero-order valence-corrected chi connectivity index (χ0v) is 22.7. The SMILES string of the molecule is CCCCCCCCCC(=O)O[C@@H](C)CN(C)CC/C=C1\c2ccccc2CSc2ccccc21. The summed E-state index contributed by atoms with van der Waals surface area (Å²) in [7, 11) is 2.12. The van der Waals surface area contributed by atoms with Crippen LogP contribution in [-0.2, 0) is 15.3 Å². The van der Waals surface area contributed by atoms with Crippen LogP contribution in [0.25, 0.3) is 5.57 Å². The summed E-state index contributed by atoms with van der Waals surface area (Å²) in [5.41, 5.74) is 5.41. The number of fused-ring (bicyclic) bond motifs is 2. The lowest BCUT2D eigenvalue weighted by Crippen LogP contribution is -2.31. The quantitative estimate of drug-likeness (QED) is 0.196. The van der Waals surface area contributed by atoms with Gasteiger partial charge >= 0.3 is 5.97 Å². The molecule has 190 valence electrons. The van der Waals surface area contributed by atoms with Gasteiger partial charge in [-0.15, -0.1) is 11.8 Å². The van der Waals surface area contributed by atoms with E-state index >= 15 is 0 Å². The minimum atomic E-state index is -0.0829. The molecule has 0 N–H and O–H groups in total. The minimum absolute atomic E-state index is 0.0502. The van der Waals surface area contributed by atoms with Crippen molar-refractivity contribution in [1.29, 1.82) is 0 Å². The number of hydrogen-bond acceptors (Lipinski definition) is 4. The maximum atomic E-state index is 12.2. The van der Waals surface area contributed by atoms with Gasteiger partial charge in [-0.3, -0.25) is 4.79 Å². The molecule has 3 nitrogen and oxygen atoms in total. The first-order valence-corrected chi connectivity index (χ1v) is 14.5. The lowest BCUT2D eigenvalue weighted by molar-refractivity contribution is -0.149. The topological polar surface area (TPSA) is 29.5 Å². The van der Waals surface area contributed by atoms with E-state index in [1.54, 1.807) is 0 Å². The predicted octanol–water partition coefficient (Wildman–Crippen LogP) is 8.12. The molecule has 0 spiro atoms. The van der Waals surface area contributed by atoms with Gasteiger partial charge < -0.3 is 9.64 Å². The smallest absolute Gasteiger partial charge is 0.306 e. The molecule has 2 aromatic carbocycles. The van der Waals surface area contributed by atoms with Crippen molar-refractivity contribution in [2.75, 3.05) is 20.1 Å². The molecule has 1 aliphatic heterocycles. The first-order chi connectivity index (χ1) is 17.1. The second kappa shape index (κ2) is 15.2. The molecular formula is C31H43NO2S. The van der Waals surface area contributed by atoms with Crippen molar-refractivity contribution in [3.8, 4) is 0 Å². The van der Waals surface area contributed by atoms with Gasteiger partial charge in [-0.1, -0.05) is 94.0 Å². The first kappa shape index (κ1) is 27.5. The van der Waals surface area contributed by atoms with Crippen molar-refractivity contribution in [3.63, 3.8) is 0 Å². The third-order valence-electron chi connectivity index (χ3n) is 6.61. The number of thioether (sulfide) groups is 1. The lowest BCUT2D eigenvalue weighted by Gasteiger charge is -2.21. The van der Waals surface area contributed by atoms with E-state index in [0.29, 0.717) is 6.42 Å². The standard InChI is InChI=1S/C31H43NO2S/c1-4-5-6-7-8-9-10-21-31(33)34-25(2)23-32(3)22-15-19-28-27-17-12-11-16-26(27)24-35-30-20-14-13-18-29(28)30/h11-14,16-20,25H,4-10,15,21-24H2,1-3H3/b28-19+/t25-/m0/s1. The zero-order chi connectivity index (χ0) is 24.9. The highest BCUT2D eigenvalue weighted by Gasteiger charge is 2.18. The molecule has 4 heteroatoms. The summed E-state index contributed by atoms with van der Waals surface area (Å²) in [6.45, 7) is 5.93. The maximum Gasteiger partial charge on any atom is 0.306 e. The van der Waals surface area contributed by atoms with Crippen LogP contribution in [0, 0.1) is 0 Å². The number of carbonyl (C=O) groups is 1. The fraction of sp³-hybridized carbons (Fsp3) is 0.516. The molecule has 1 atom stereocenters. The van der Waals surface area contributed by atoms with Gasteiger partial charge in [0.05, 0.1) is 0 Å². The van der Waals surface area contributed by atoms with E-state index in [1.165, 1.54) is 59.3 Å². The van der Waals surface area contributed by atoms with Gasteiger partial charge in [0.1, 0.15) is 6.10 Å². The number of unbranched alkanes of at least 4 members (excludes halogenated alkanes) is 6. The molecule has 0 bridgehead atoms. The molecular weight excluding hydrogens is 450 g/mol. The van der Waals surface area contributed by atoms with Crippen LogP contribution in [-0.4, -0.2) is 37.1 Å². The zero-order valence-electron chi connectivity index (χ0n) is 21.9. The third kappa shape index (κ3) is 9.16. The van der Waals surface area contributed by atoms with Crippen LogP contribution < -0.4 is 0 Å². The summed E-state index contributed by atoms with van der Waals surface area (Å²) in [5, 5.41) is 0. The van der Waals surface area contributed by atoms with Crippen molar-refractivity contribution in [2.24, 2.45) is 0 Å². The van der Waals surface area contributed by atoms with E-state index in [1.807, 2.05) is 18.7 Å². The highest BCUT2D eigenvalue weighted by Crippen LogP contribution is 2.40. The number of ether oxygens (including phenoxy) is 1. The van der Waals surface area contributed by atoms with E-state index < -0.39 is 0 Å². The minimum Gasteiger partial charge on any atom is -0.461 e. The van der Waals surface area contributed by atoms with Gasteiger partial charge in [0.2, 0.25) is 0 Å². The highest BCUT2D eigenvalue weighted by atomic mass is 32.2. The van der Waals surface area contributed by atoms with Crippen molar-refractivity contribution in [2.45, 2.75) is 88.4 Å². The van der Waals surface area contributed by atoms with Crippen LogP contribution in [0.1, 0.15) is 88.3 Å². The first-order valence-electron chi connectivity index (χ1n) is 13.5. The molecule has 0 saturated heterocycles. The summed E-state index contributed by atoms with van der Waals surface area (Å²) in [5.74, 6) is 0.956. The Morgan fingerprint density at radius 3 is 2.49 bits per heavy atom. The van der Waals surface area contributed by atoms with Gasteiger partial charge in [0.15, 0.2) is 0 Å². The number of likely N-dealkylation sites (N-methyl/N-ethyl adjacent to an activating group) is 1. The molecule has 2 aromatic rings. The molecule has 0 unspecified atom stereocenters. The van der Waals surface area contributed by atoms with E-state index in [4.69, 9.17) is 4.74 Å². The van der Waals surface area contributed by atoms with E-state index in [0.717, 1.165) is 38.1 Å². The van der Waals surface area contributed by atoms with E-state index in [9.17, 15) is 4.79 Å². The Kier molecular flexibility index (Phi) is 11.9. The summed E-state index contributed by atoms with van der Waals surface area (Å²) in [4.78, 5) is 15.8. The molecule has 0 radical (unpaired) electrons. The summed E-state index contributed by atoms with van der Waals surface area (Å²) in [6, 6.07) is 17.5. The fourth-order valence-electron chi connectivity index (χ4n) is 4.75. The average Bonchev–Trinajstić information content (AvgIpc) is 3.00. The summed E-state index contributed by atoms with van der Waals surface area (Å²) >= 11 is 1.92. The Labute approximate surface area is 217 Å². The Morgan fingerprint density at radius 2 is 1.69 bits per heavy atom. The van der Waals surface area contributed by atoms with E-state index in [-0.39, 0.29) is 12.1 Å². The number of esters is 1. The highest BCUT2D eigenvalue weighted by molar-refractivity contribution is 7.98. The van der Waals surface area contributed by atoms with Gasteiger partial charge in [-0.05, 0) is 55.1 Å². The number of carbonyl (C=O) groups excluding carboxylic acids is 1. The average molecular weight is 494 g/mol. The van der Waals surface area contributed by atoms with Crippen molar-refractivity contribution >= 4 is 23.3 Å². The van der Waals surface area contributed by atoms with Crippen molar-refractivity contribution in [3.05, 3.63) is 71.3 Å². The van der Waals surface area contributed by atoms with Gasteiger partial charge in [0, 0.05) is 30.2 Å². The molecule has 0 amide bonds. The third-order valence-corrected chi connectivity index (χ3v) is 7.74. The largest absolute Gasteiger partial charge is 0.461 e. The van der Waals surface area contributed by atoms with Crippen LogP contribution in [0.3, 0.4) is 0 Å².